The predicted molar refractivity (Wildman–Crippen MR) is 101 cm³/mol. The summed E-state index contributed by atoms with van der Waals surface area (Å²) in [4.78, 5) is 13.3. The normalized spacial score (nSPS) is 34.8. The number of nitrogens with zero attached hydrogens (tertiary/aromatic N) is 1. The molecule has 5 rings (SSSR count). The number of hydrogen-bond acceptors (Lipinski definition) is 4. The highest BCUT2D eigenvalue weighted by atomic mass is 32.2. The molecule has 148 valence electrons. The third-order valence-electron chi connectivity index (χ3n) is 6.68. The summed E-state index contributed by atoms with van der Waals surface area (Å²) in [5.74, 6) is 0.832. The molecular formula is C20H28N2O4S. The lowest BCUT2D eigenvalue weighted by molar-refractivity contribution is -0.178. The lowest BCUT2D eigenvalue weighted by Crippen LogP contribution is -2.60. The van der Waals surface area contributed by atoms with Gasteiger partial charge in [-0.25, -0.2) is 12.7 Å². The van der Waals surface area contributed by atoms with Crippen LogP contribution in [0.4, 0.5) is 0 Å². The van der Waals surface area contributed by atoms with E-state index in [1.165, 1.54) is 18.4 Å². The smallest absolute Gasteiger partial charge is 0.242 e. The third-order valence-corrected chi connectivity index (χ3v) is 8.60. The summed E-state index contributed by atoms with van der Waals surface area (Å²) in [6, 6.07) is 6.79. The predicted octanol–water partition coefficient (Wildman–Crippen LogP) is 1.88. The lowest BCUT2D eigenvalue weighted by atomic mass is 9.47. The van der Waals surface area contributed by atoms with Crippen molar-refractivity contribution in [3.05, 3.63) is 29.8 Å². The maximum absolute atomic E-state index is 13.1. The molecule has 1 aromatic rings. The van der Waals surface area contributed by atoms with Gasteiger partial charge in [0.15, 0.2) is 0 Å². The molecular weight excluding hydrogens is 364 g/mol. The van der Waals surface area contributed by atoms with Crippen molar-refractivity contribution in [2.75, 3.05) is 14.1 Å². The van der Waals surface area contributed by atoms with E-state index in [9.17, 15) is 18.3 Å². The van der Waals surface area contributed by atoms with E-state index < -0.39 is 21.0 Å². The van der Waals surface area contributed by atoms with Crippen molar-refractivity contribution in [3.8, 4) is 0 Å². The summed E-state index contributed by atoms with van der Waals surface area (Å²) in [5.41, 5.74) is -0.593. The van der Waals surface area contributed by atoms with Crippen molar-refractivity contribution < 1.29 is 18.3 Å². The van der Waals surface area contributed by atoms with Crippen LogP contribution in [-0.4, -0.2) is 43.4 Å². The average Bonchev–Trinajstić information content (AvgIpc) is 2.57. The minimum atomic E-state index is -3.57. The van der Waals surface area contributed by atoms with Gasteiger partial charge in [0.1, 0.15) is 0 Å². The first-order chi connectivity index (χ1) is 12.6. The van der Waals surface area contributed by atoms with Crippen molar-refractivity contribution in [2.24, 2.45) is 17.3 Å². The van der Waals surface area contributed by atoms with Gasteiger partial charge in [0, 0.05) is 20.6 Å². The fraction of sp³-hybridized carbons (Fsp3) is 0.650. The van der Waals surface area contributed by atoms with Crippen LogP contribution in [0.2, 0.25) is 0 Å². The van der Waals surface area contributed by atoms with Crippen molar-refractivity contribution in [2.45, 2.75) is 55.6 Å². The van der Waals surface area contributed by atoms with Gasteiger partial charge in [0.25, 0.3) is 0 Å². The van der Waals surface area contributed by atoms with Crippen LogP contribution in [0.3, 0.4) is 0 Å². The molecule has 1 aromatic carbocycles. The van der Waals surface area contributed by atoms with Crippen LogP contribution in [0.5, 0.6) is 0 Å². The van der Waals surface area contributed by atoms with E-state index >= 15 is 0 Å². The number of rotatable bonds is 5. The zero-order valence-electron chi connectivity index (χ0n) is 15.9. The monoisotopic (exact) mass is 392 g/mol. The maximum Gasteiger partial charge on any atom is 0.242 e. The Hall–Kier alpha value is -1.44. The fourth-order valence-corrected chi connectivity index (χ4v) is 7.06. The van der Waals surface area contributed by atoms with Gasteiger partial charge in [0.05, 0.1) is 15.9 Å². The number of sulfonamides is 1. The van der Waals surface area contributed by atoms with Gasteiger partial charge in [-0.1, -0.05) is 18.2 Å². The van der Waals surface area contributed by atoms with Crippen LogP contribution in [0.1, 0.15) is 44.1 Å². The van der Waals surface area contributed by atoms with E-state index in [1.54, 1.807) is 24.3 Å². The second-order valence-corrected chi connectivity index (χ2v) is 11.2. The molecule has 4 fully saturated rings. The molecule has 2 atom stereocenters. The minimum Gasteiger partial charge on any atom is -0.390 e. The molecule has 2 N–H and O–H groups in total. The van der Waals surface area contributed by atoms with E-state index in [-0.39, 0.29) is 17.3 Å². The Kier molecular flexibility index (Phi) is 4.40. The summed E-state index contributed by atoms with van der Waals surface area (Å²) in [6.07, 6.45) is 4.99. The van der Waals surface area contributed by atoms with Crippen molar-refractivity contribution in [3.63, 3.8) is 0 Å². The van der Waals surface area contributed by atoms with Crippen LogP contribution in [0, 0.1) is 17.3 Å². The molecule has 7 heteroatoms. The molecule has 4 aliphatic carbocycles. The summed E-state index contributed by atoms with van der Waals surface area (Å²) >= 11 is 0. The Morgan fingerprint density at radius 1 is 1.19 bits per heavy atom. The molecule has 4 aliphatic rings. The quantitative estimate of drug-likeness (QED) is 0.801. The van der Waals surface area contributed by atoms with Gasteiger partial charge in [-0.05, 0) is 62.0 Å². The summed E-state index contributed by atoms with van der Waals surface area (Å²) in [5, 5.41) is 13.8. The molecule has 0 aliphatic heterocycles. The molecule has 4 saturated carbocycles. The first-order valence-corrected chi connectivity index (χ1v) is 11.1. The molecule has 0 saturated heterocycles. The Balaban J connectivity index is 1.53. The van der Waals surface area contributed by atoms with Crippen molar-refractivity contribution in [1.82, 2.24) is 9.62 Å². The summed E-state index contributed by atoms with van der Waals surface area (Å²) < 4.78 is 26.3. The highest BCUT2D eigenvalue weighted by Crippen LogP contribution is 2.61. The van der Waals surface area contributed by atoms with Crippen LogP contribution in [0.25, 0.3) is 0 Å². The zero-order valence-corrected chi connectivity index (χ0v) is 16.8. The molecule has 0 spiro atoms. The largest absolute Gasteiger partial charge is 0.390 e. The SMILES string of the molecule is CN(C)S(=O)(=O)c1ccccc1CNC(=O)C12C[C@H]3C[C@@H](CC(O)(C3)C1)C2. The van der Waals surface area contributed by atoms with E-state index in [0.717, 1.165) is 32.1 Å². The van der Waals surface area contributed by atoms with Crippen molar-refractivity contribution >= 4 is 15.9 Å². The molecule has 0 heterocycles. The van der Waals surface area contributed by atoms with Gasteiger partial charge in [-0.3, -0.25) is 4.79 Å². The van der Waals surface area contributed by atoms with Gasteiger partial charge >= 0.3 is 0 Å². The molecule has 4 bridgehead atoms. The fourth-order valence-electron chi connectivity index (χ4n) is 5.94. The highest BCUT2D eigenvalue weighted by molar-refractivity contribution is 7.89. The van der Waals surface area contributed by atoms with Crippen LogP contribution >= 0.6 is 0 Å². The Bertz CT molecular complexity index is 850. The molecule has 1 amide bonds. The Morgan fingerprint density at radius 2 is 1.81 bits per heavy atom. The number of carbonyl (C=O) groups is 1. The Labute approximate surface area is 161 Å². The van der Waals surface area contributed by atoms with Gasteiger partial charge in [-0.2, -0.15) is 0 Å². The van der Waals surface area contributed by atoms with E-state index in [4.69, 9.17) is 0 Å². The van der Waals surface area contributed by atoms with Crippen LogP contribution in [-0.2, 0) is 21.4 Å². The number of hydrogen-bond donors (Lipinski definition) is 2. The average molecular weight is 393 g/mol. The van der Waals surface area contributed by atoms with E-state index in [2.05, 4.69) is 5.32 Å². The molecule has 6 nitrogen and oxygen atoms in total. The zero-order chi connectivity index (χ0) is 19.4. The summed E-state index contributed by atoms with van der Waals surface area (Å²) in [6.45, 7) is 0.178. The molecule has 0 unspecified atom stereocenters. The van der Waals surface area contributed by atoms with Crippen LogP contribution in [0.15, 0.2) is 29.2 Å². The molecule has 0 aromatic heterocycles. The first-order valence-electron chi connectivity index (χ1n) is 9.65. The van der Waals surface area contributed by atoms with Gasteiger partial charge in [0.2, 0.25) is 15.9 Å². The van der Waals surface area contributed by atoms with Crippen molar-refractivity contribution in [1.29, 1.82) is 0 Å². The van der Waals surface area contributed by atoms with E-state index in [1.807, 2.05) is 0 Å². The summed E-state index contributed by atoms with van der Waals surface area (Å²) in [7, 11) is -0.567. The standard InChI is InChI=1S/C20H28N2O4S/c1-22(2)27(25,26)17-6-4-3-5-16(17)12-21-18(23)19-8-14-7-15(9-19)11-20(24,10-14)13-19/h3-6,14-15,24H,7-13H2,1-2H3,(H,21,23)/t14-,15-,19?,20?/m1/s1. The number of carbonyl (C=O) groups excluding carboxylic acids is 1. The van der Waals surface area contributed by atoms with Gasteiger partial charge < -0.3 is 10.4 Å². The lowest BCUT2D eigenvalue weighted by Gasteiger charge is -2.59. The van der Waals surface area contributed by atoms with Gasteiger partial charge in [-0.15, -0.1) is 0 Å². The Morgan fingerprint density at radius 3 is 2.41 bits per heavy atom. The third kappa shape index (κ3) is 3.19. The highest BCUT2D eigenvalue weighted by Gasteiger charge is 2.60. The molecule has 0 radical (unpaired) electrons. The second kappa shape index (κ2) is 6.29. The first kappa shape index (κ1) is 18.9. The maximum atomic E-state index is 13.1. The van der Waals surface area contributed by atoms with Crippen LogP contribution < -0.4 is 5.32 Å². The number of amides is 1. The topological polar surface area (TPSA) is 86.7 Å². The number of benzene rings is 1. The molecule has 27 heavy (non-hydrogen) atoms. The minimum absolute atomic E-state index is 0.0351. The number of nitrogens with one attached hydrogen (secondary N) is 1. The second-order valence-electron chi connectivity index (χ2n) is 9.04. The number of aliphatic hydroxyl groups is 1. The van der Waals surface area contributed by atoms with E-state index in [0.29, 0.717) is 23.8 Å².